The first-order chi connectivity index (χ1) is 20.6. The average molecular weight is 615 g/mol. The first kappa shape index (κ1) is 35.8. The molecule has 9 heteroatoms. The van der Waals surface area contributed by atoms with Gasteiger partial charge >= 0.3 is 18.9 Å². The van der Waals surface area contributed by atoms with Gasteiger partial charge in [0.1, 0.15) is 11.6 Å². The molecule has 3 aromatic carbocycles. The van der Waals surface area contributed by atoms with E-state index in [1.807, 2.05) is 49.6 Å². The monoisotopic (exact) mass is 614 g/mol. The van der Waals surface area contributed by atoms with Crippen molar-refractivity contribution in [1.29, 1.82) is 0 Å². The van der Waals surface area contributed by atoms with Crippen LogP contribution in [-0.4, -0.2) is 41.4 Å². The number of rotatable bonds is 13. The van der Waals surface area contributed by atoms with Gasteiger partial charge in [-0.15, -0.1) is 0 Å². The van der Waals surface area contributed by atoms with Gasteiger partial charge in [-0.2, -0.15) is 11.8 Å². The van der Waals surface area contributed by atoms with Crippen molar-refractivity contribution in [3.8, 4) is 11.1 Å². The minimum absolute atomic E-state index is 0. The van der Waals surface area contributed by atoms with E-state index in [1.165, 1.54) is 36.7 Å². The summed E-state index contributed by atoms with van der Waals surface area (Å²) in [5.74, 6) is -1.17. The van der Waals surface area contributed by atoms with Crippen LogP contribution in [0.3, 0.4) is 0 Å². The number of carbonyl (C=O) groups excluding carboxylic acids is 2. The molecule has 1 saturated carbocycles. The molecule has 44 heavy (non-hydrogen) atoms. The maximum atomic E-state index is 14.1. The van der Waals surface area contributed by atoms with Gasteiger partial charge in [0.25, 0.3) is 5.91 Å². The normalized spacial score (nSPS) is 17.1. The fourth-order valence-electron chi connectivity index (χ4n) is 5.99. The molecule has 1 atom stereocenters. The van der Waals surface area contributed by atoms with Gasteiger partial charge < -0.3 is 15.2 Å². The number of benzene rings is 3. The number of nitrogens with zero attached hydrogens (tertiary/aromatic N) is 1. The Morgan fingerprint density at radius 2 is 1.61 bits per heavy atom. The Kier molecular flexibility index (Phi) is 14.0. The number of amides is 1. The van der Waals surface area contributed by atoms with Crippen LogP contribution >= 0.6 is 11.8 Å². The van der Waals surface area contributed by atoms with Crippen LogP contribution in [0, 0.1) is 30.4 Å². The molecule has 1 unspecified atom stereocenters. The maximum absolute atomic E-state index is 14.1. The first-order valence-electron chi connectivity index (χ1n) is 15.0. The van der Waals surface area contributed by atoms with Crippen LogP contribution in [0.5, 0.6) is 0 Å². The first-order valence-corrected chi connectivity index (χ1v) is 16.4. The molecule has 1 aliphatic rings. The number of aryl methyl sites for hydroxylation is 1. The molecule has 0 radical (unpaired) electrons. The van der Waals surface area contributed by atoms with Crippen molar-refractivity contribution in [3.05, 3.63) is 94.6 Å². The van der Waals surface area contributed by atoms with Crippen molar-refractivity contribution in [3.63, 3.8) is 0 Å². The van der Waals surface area contributed by atoms with Gasteiger partial charge in [-0.1, -0.05) is 50.1 Å². The van der Waals surface area contributed by atoms with Gasteiger partial charge in [0.15, 0.2) is 0 Å². The molecule has 230 valence electrons. The SMILES string of the molecule is CSCCC(NC(=O)c1ccc(CN(Cc2cc(F)cc(F)c2)CC2CCC(C)CC2)cc1-c1ccccc1C)C(=O)[O-].[Li+]. The van der Waals surface area contributed by atoms with Crippen molar-refractivity contribution in [2.24, 2.45) is 11.8 Å². The molecule has 5 nitrogen and oxygen atoms in total. The van der Waals surface area contributed by atoms with E-state index >= 15 is 0 Å². The summed E-state index contributed by atoms with van der Waals surface area (Å²) in [6, 6.07) is 15.9. The zero-order chi connectivity index (χ0) is 30.9. The fourth-order valence-corrected chi connectivity index (χ4v) is 6.46. The third-order valence-corrected chi connectivity index (χ3v) is 8.99. The van der Waals surface area contributed by atoms with Gasteiger partial charge in [-0.05, 0) is 102 Å². The standard InChI is InChI=1S/C35H42F2N2O3S.Li/c1-23-8-10-25(11-9-23)20-39(22-27-16-28(36)19-29(37)17-27)21-26-12-13-31(32(18-26)30-7-5-4-6-24(30)2)34(40)38-33(35(41)42)14-15-43-3;/h4-7,12-13,16-19,23,25,33H,8-11,14-15,20-22H2,1-3H3,(H,38,40)(H,41,42);/q;+1/p-1. The number of halogens is 2. The van der Waals surface area contributed by atoms with Crippen LogP contribution in [0.15, 0.2) is 60.7 Å². The van der Waals surface area contributed by atoms with Gasteiger partial charge in [0.2, 0.25) is 0 Å². The summed E-state index contributed by atoms with van der Waals surface area (Å²) < 4.78 is 28.2. The summed E-state index contributed by atoms with van der Waals surface area (Å²) in [7, 11) is 0. The third-order valence-electron chi connectivity index (χ3n) is 8.35. The molecule has 1 fully saturated rings. The van der Waals surface area contributed by atoms with E-state index in [-0.39, 0.29) is 25.3 Å². The van der Waals surface area contributed by atoms with Crippen molar-refractivity contribution in [1.82, 2.24) is 10.2 Å². The molecule has 1 amide bonds. The van der Waals surface area contributed by atoms with Crippen LogP contribution in [0.25, 0.3) is 11.1 Å². The molecular weight excluding hydrogens is 573 g/mol. The second kappa shape index (κ2) is 17.2. The molecule has 1 aliphatic carbocycles. The molecular formula is C35H41F2LiN2O3S. The Morgan fingerprint density at radius 1 is 0.955 bits per heavy atom. The average Bonchev–Trinajstić information content (AvgIpc) is 2.96. The molecule has 0 spiro atoms. The number of carboxylic acid groups (broad SMARTS) is 1. The van der Waals surface area contributed by atoms with E-state index in [0.29, 0.717) is 41.5 Å². The number of hydrogen-bond donors (Lipinski definition) is 1. The number of nitrogens with one attached hydrogen (secondary N) is 1. The topological polar surface area (TPSA) is 72.5 Å². The molecule has 0 saturated heterocycles. The zero-order valence-corrected chi connectivity index (χ0v) is 27.0. The summed E-state index contributed by atoms with van der Waals surface area (Å²) in [6.07, 6.45) is 6.75. The summed E-state index contributed by atoms with van der Waals surface area (Å²) >= 11 is 1.51. The third kappa shape index (κ3) is 10.2. The molecule has 1 N–H and O–H groups in total. The predicted molar refractivity (Wildman–Crippen MR) is 167 cm³/mol. The molecule has 4 rings (SSSR count). The Balaban J connectivity index is 0.00000529. The summed E-state index contributed by atoms with van der Waals surface area (Å²) in [4.78, 5) is 27.4. The number of thioether (sulfide) groups is 1. The van der Waals surface area contributed by atoms with Crippen molar-refractivity contribution in [2.45, 2.75) is 65.1 Å². The summed E-state index contributed by atoms with van der Waals surface area (Å²) in [5.41, 5.74) is 4.48. The Hall–Kier alpha value is -2.63. The Bertz CT molecular complexity index is 1390. The van der Waals surface area contributed by atoms with Crippen LogP contribution in [0.1, 0.15) is 66.1 Å². The fraction of sp³-hybridized carbons (Fsp3) is 0.429. The second-order valence-corrected chi connectivity index (χ2v) is 12.9. The van der Waals surface area contributed by atoms with E-state index in [1.54, 1.807) is 6.07 Å². The predicted octanol–water partition coefficient (Wildman–Crippen LogP) is 3.37. The van der Waals surface area contributed by atoms with Crippen molar-refractivity contribution < 1.29 is 42.3 Å². The minimum atomic E-state index is -1.31. The van der Waals surface area contributed by atoms with Crippen LogP contribution in [-0.2, 0) is 17.9 Å². The Morgan fingerprint density at radius 3 is 2.25 bits per heavy atom. The van der Waals surface area contributed by atoms with Crippen LogP contribution in [0.2, 0.25) is 0 Å². The zero-order valence-electron chi connectivity index (χ0n) is 26.2. The van der Waals surface area contributed by atoms with Gasteiger partial charge in [-0.3, -0.25) is 9.69 Å². The van der Waals surface area contributed by atoms with E-state index in [0.717, 1.165) is 48.1 Å². The smallest absolute Gasteiger partial charge is 0.548 e. The largest absolute Gasteiger partial charge is 1.00 e. The van der Waals surface area contributed by atoms with Crippen molar-refractivity contribution >= 4 is 23.6 Å². The number of carbonyl (C=O) groups is 2. The van der Waals surface area contributed by atoms with Gasteiger partial charge in [0.05, 0.1) is 12.0 Å². The molecule has 0 heterocycles. The molecule has 0 aliphatic heterocycles. The second-order valence-electron chi connectivity index (χ2n) is 11.9. The molecule has 3 aromatic rings. The summed E-state index contributed by atoms with van der Waals surface area (Å²) in [5, 5.41) is 14.4. The van der Waals surface area contributed by atoms with Crippen LogP contribution < -0.4 is 29.3 Å². The van der Waals surface area contributed by atoms with E-state index in [4.69, 9.17) is 0 Å². The number of aliphatic carboxylic acids is 1. The Labute approximate surface area is 276 Å². The number of hydrogen-bond acceptors (Lipinski definition) is 5. The van der Waals surface area contributed by atoms with Crippen molar-refractivity contribution in [2.75, 3.05) is 18.6 Å². The maximum Gasteiger partial charge on any atom is 1.00 e. The quantitative estimate of drug-likeness (QED) is 0.299. The minimum Gasteiger partial charge on any atom is -0.548 e. The number of carboxylic acids is 1. The van der Waals surface area contributed by atoms with E-state index in [9.17, 15) is 23.5 Å². The van der Waals surface area contributed by atoms with Gasteiger partial charge in [-0.25, -0.2) is 8.78 Å². The molecule has 0 bridgehead atoms. The molecule has 0 aromatic heterocycles. The van der Waals surface area contributed by atoms with Gasteiger partial charge in [0, 0.05) is 31.3 Å². The summed E-state index contributed by atoms with van der Waals surface area (Å²) in [6.45, 7) is 5.98. The van der Waals surface area contributed by atoms with E-state index in [2.05, 4.69) is 17.1 Å². The van der Waals surface area contributed by atoms with Crippen LogP contribution in [0.4, 0.5) is 8.78 Å². The van der Waals surface area contributed by atoms with E-state index < -0.39 is 29.6 Å².